The van der Waals surface area contributed by atoms with Crippen LogP contribution < -0.4 is 4.74 Å². The molecule has 0 bridgehead atoms. The minimum absolute atomic E-state index is 0.104. The molecule has 0 atom stereocenters. The summed E-state index contributed by atoms with van der Waals surface area (Å²) in [5.74, 6) is -2.41. The van der Waals surface area contributed by atoms with Gasteiger partial charge in [-0.15, -0.1) is 0 Å². The zero-order valence-corrected chi connectivity index (χ0v) is 20.0. The van der Waals surface area contributed by atoms with Crippen LogP contribution in [-0.4, -0.2) is 19.1 Å². The average molecular weight is 588 g/mol. The Morgan fingerprint density at radius 2 is 1.18 bits per heavy atom. The second-order valence-electron chi connectivity index (χ2n) is 8.53. The highest BCUT2D eigenvalue weighted by Gasteiger charge is 2.40. The van der Waals surface area contributed by atoms with Gasteiger partial charge in [-0.25, -0.2) is 0 Å². The molecule has 14 heteroatoms. The van der Waals surface area contributed by atoms with Crippen molar-refractivity contribution in [2.45, 2.75) is 37.5 Å². The molecule has 0 unspecified atom stereocenters. The molecule has 3 aromatic carbocycles. The van der Waals surface area contributed by atoms with Gasteiger partial charge >= 0.3 is 24.7 Å². The zero-order chi connectivity index (χ0) is 30.3. The largest absolute Gasteiger partial charge is 0.496 e. The Bertz CT molecular complexity index is 1360. The van der Waals surface area contributed by atoms with E-state index in [2.05, 4.69) is 0 Å². The third kappa shape index (κ3) is 7.07. The van der Waals surface area contributed by atoms with Crippen LogP contribution in [0.1, 0.15) is 38.2 Å². The number of methoxy groups -OCH3 is 1. The van der Waals surface area contributed by atoms with Gasteiger partial charge in [-0.1, -0.05) is 6.07 Å². The molecule has 0 aliphatic carbocycles. The lowest BCUT2D eigenvalue weighted by Gasteiger charge is -2.18. The maximum atomic E-state index is 13.4. The normalized spacial score (nSPS) is 12.9. The monoisotopic (exact) mass is 588 g/mol. The maximum Gasteiger partial charge on any atom is 0.454 e. The number of benzene rings is 3. The molecule has 0 fully saturated rings. The van der Waals surface area contributed by atoms with Gasteiger partial charge in [-0.2, -0.15) is 52.7 Å². The summed E-state index contributed by atoms with van der Waals surface area (Å²) in [6.07, 6.45) is -21.7. The maximum absolute atomic E-state index is 13.4. The van der Waals surface area contributed by atoms with Crippen molar-refractivity contribution in [3.63, 3.8) is 0 Å². The molecule has 0 aliphatic heterocycles. The van der Waals surface area contributed by atoms with Crippen LogP contribution in [0.2, 0.25) is 0 Å². The highest BCUT2D eigenvalue weighted by Crippen LogP contribution is 2.40. The smallest absolute Gasteiger partial charge is 0.454 e. The van der Waals surface area contributed by atoms with Crippen molar-refractivity contribution in [2.75, 3.05) is 7.11 Å². The van der Waals surface area contributed by atoms with E-state index in [1.165, 1.54) is 0 Å². The molecule has 0 N–H and O–H groups in total. The standard InChI is InChI=1S/C26H16F12O2/c1-40-21-7-4-15(22(39)26(36,37)38)11-20(21)19-6-5-16(23(27,28)29)10-14(19)3-2-13-8-17(24(30,31)32)12-18(9-13)25(33,34)35/h4-12H,2-3H2,1H3. The number of Topliss-reactive ketones (excluding diaryl/α,β-unsaturated/α-hetero) is 1. The number of ether oxygens (including phenoxy) is 1. The first-order valence-corrected chi connectivity index (χ1v) is 11.0. The van der Waals surface area contributed by atoms with Crippen LogP contribution >= 0.6 is 0 Å². The van der Waals surface area contributed by atoms with E-state index in [0.717, 1.165) is 31.4 Å². The van der Waals surface area contributed by atoms with Crippen molar-refractivity contribution < 1.29 is 62.2 Å². The molecule has 3 aromatic rings. The summed E-state index contributed by atoms with van der Waals surface area (Å²) in [6, 6.07) is 5.25. The first-order chi connectivity index (χ1) is 18.2. The Kier molecular flexibility index (Phi) is 8.24. The number of carbonyl (C=O) groups excluding carboxylic acids is 1. The molecule has 0 amide bonds. The molecular weight excluding hydrogens is 572 g/mol. The molecule has 3 rings (SSSR count). The number of hydrogen-bond acceptors (Lipinski definition) is 2. The Hall–Kier alpha value is -3.71. The van der Waals surface area contributed by atoms with Gasteiger partial charge in [0.15, 0.2) is 0 Å². The summed E-state index contributed by atoms with van der Waals surface area (Å²) < 4.78 is 164. The third-order valence-corrected chi connectivity index (χ3v) is 5.77. The van der Waals surface area contributed by atoms with E-state index >= 15 is 0 Å². The van der Waals surface area contributed by atoms with Crippen molar-refractivity contribution in [2.24, 2.45) is 0 Å². The van der Waals surface area contributed by atoms with Gasteiger partial charge in [0.2, 0.25) is 0 Å². The first-order valence-electron chi connectivity index (χ1n) is 11.0. The zero-order valence-electron chi connectivity index (χ0n) is 20.0. The third-order valence-electron chi connectivity index (χ3n) is 5.77. The summed E-state index contributed by atoms with van der Waals surface area (Å²) in [7, 11) is 1.09. The molecule has 2 nitrogen and oxygen atoms in total. The number of halogens is 12. The topological polar surface area (TPSA) is 26.3 Å². The van der Waals surface area contributed by atoms with Crippen molar-refractivity contribution in [3.8, 4) is 16.9 Å². The van der Waals surface area contributed by atoms with E-state index in [4.69, 9.17) is 4.74 Å². The number of rotatable bonds is 6. The second-order valence-corrected chi connectivity index (χ2v) is 8.53. The number of hydrogen-bond donors (Lipinski definition) is 0. The Morgan fingerprint density at radius 3 is 1.65 bits per heavy atom. The van der Waals surface area contributed by atoms with Gasteiger partial charge in [-0.3, -0.25) is 4.79 Å². The molecule has 0 aliphatic rings. The van der Waals surface area contributed by atoms with E-state index in [-0.39, 0.29) is 28.5 Å². The molecule has 0 aromatic heterocycles. The van der Waals surface area contributed by atoms with Crippen LogP contribution in [0.5, 0.6) is 5.75 Å². The lowest BCUT2D eigenvalue weighted by atomic mass is 9.91. The average Bonchev–Trinajstić information content (AvgIpc) is 2.84. The second kappa shape index (κ2) is 10.7. The molecule has 0 saturated heterocycles. The van der Waals surface area contributed by atoms with Crippen molar-refractivity contribution in [1.29, 1.82) is 0 Å². The lowest BCUT2D eigenvalue weighted by Crippen LogP contribution is -2.22. The fraction of sp³-hybridized carbons (Fsp3) is 0.269. The molecule has 0 radical (unpaired) electrons. The minimum atomic E-state index is -5.28. The summed E-state index contributed by atoms with van der Waals surface area (Å²) in [5, 5.41) is 0. The van der Waals surface area contributed by atoms with Gasteiger partial charge in [0.25, 0.3) is 5.78 Å². The first kappa shape index (κ1) is 30.8. The highest BCUT2D eigenvalue weighted by molar-refractivity contribution is 6.01. The number of alkyl halides is 12. The quantitative estimate of drug-likeness (QED) is 0.212. The van der Waals surface area contributed by atoms with Gasteiger partial charge in [0.05, 0.1) is 23.8 Å². The highest BCUT2D eigenvalue weighted by atomic mass is 19.4. The van der Waals surface area contributed by atoms with Crippen LogP contribution in [0.3, 0.4) is 0 Å². The van der Waals surface area contributed by atoms with E-state index in [1.807, 2.05) is 0 Å². The molecule has 0 saturated carbocycles. The van der Waals surface area contributed by atoms with E-state index in [9.17, 15) is 57.5 Å². The van der Waals surface area contributed by atoms with Crippen LogP contribution in [0.25, 0.3) is 11.1 Å². The lowest BCUT2D eigenvalue weighted by molar-refractivity contribution is -0.143. The number of carbonyl (C=O) groups is 1. The molecule has 40 heavy (non-hydrogen) atoms. The van der Waals surface area contributed by atoms with Crippen LogP contribution in [0, 0.1) is 0 Å². The van der Waals surface area contributed by atoms with Crippen molar-refractivity contribution in [1.82, 2.24) is 0 Å². The van der Waals surface area contributed by atoms with Gasteiger partial charge in [0.1, 0.15) is 5.75 Å². The van der Waals surface area contributed by atoms with Crippen LogP contribution in [0.4, 0.5) is 52.7 Å². The van der Waals surface area contributed by atoms with Gasteiger partial charge in [0, 0.05) is 11.1 Å². The van der Waals surface area contributed by atoms with E-state index in [1.54, 1.807) is 0 Å². The SMILES string of the molecule is COc1ccc(C(=O)C(F)(F)F)cc1-c1ccc(C(F)(F)F)cc1CCc1cc(C(F)(F)F)cc(C(F)(F)F)c1. The predicted octanol–water partition coefficient (Wildman–Crippen LogP) is 8.95. The Balaban J connectivity index is 2.16. The fourth-order valence-corrected chi connectivity index (χ4v) is 3.91. The van der Waals surface area contributed by atoms with Gasteiger partial charge < -0.3 is 4.74 Å². The molecular formula is C26H16F12O2. The summed E-state index contributed by atoms with van der Waals surface area (Å²) in [4.78, 5) is 11.8. The van der Waals surface area contributed by atoms with Crippen molar-refractivity contribution >= 4 is 5.78 Å². The molecule has 0 spiro atoms. The summed E-state index contributed by atoms with van der Waals surface area (Å²) >= 11 is 0. The Morgan fingerprint density at radius 1 is 0.625 bits per heavy atom. The minimum Gasteiger partial charge on any atom is -0.496 e. The fourth-order valence-electron chi connectivity index (χ4n) is 3.91. The summed E-state index contributed by atoms with van der Waals surface area (Å²) in [5.41, 5.74) is -6.56. The Labute approximate surface area is 218 Å². The molecule has 216 valence electrons. The number of aryl methyl sites for hydroxylation is 2. The number of ketones is 1. The van der Waals surface area contributed by atoms with Crippen LogP contribution in [-0.2, 0) is 31.4 Å². The summed E-state index contributed by atoms with van der Waals surface area (Å²) in [6.45, 7) is 0. The van der Waals surface area contributed by atoms with Crippen molar-refractivity contribution in [3.05, 3.63) is 88.0 Å². The van der Waals surface area contributed by atoms with Crippen LogP contribution in [0.15, 0.2) is 54.6 Å². The van der Waals surface area contributed by atoms with Gasteiger partial charge in [-0.05, 0) is 78.1 Å². The predicted molar refractivity (Wildman–Crippen MR) is 118 cm³/mol. The van der Waals surface area contributed by atoms with E-state index in [0.29, 0.717) is 24.3 Å². The molecule has 0 heterocycles. The van der Waals surface area contributed by atoms with E-state index < -0.39 is 71.1 Å².